The van der Waals surface area contributed by atoms with Gasteiger partial charge in [-0.2, -0.15) is 10.1 Å². The maximum absolute atomic E-state index is 13.6. The number of phenols is 3. The SMILES string of the molecule is CC(=O)N1CCN(c2nc(NCCC(=O)N3CCC(CN4CCC(Cc5ccc(-n6c(-c7cc(C(C)C)c(O)cc7O)n[nH]c6=O)cc5)CC4)CC3)nc3c2CCN(c2cc(O)cc4ccccc24)C3)CC1. The van der Waals surface area contributed by atoms with Gasteiger partial charge in [-0.05, 0) is 110 Å². The van der Waals surface area contributed by atoms with Crippen LogP contribution in [0.2, 0.25) is 0 Å². The summed E-state index contributed by atoms with van der Waals surface area (Å²) in [6, 6.07) is 22.7. The number of piperazine rings is 1. The molecule has 6 heterocycles. The van der Waals surface area contributed by atoms with Crippen LogP contribution in [0.15, 0.2) is 77.6 Å². The topological polar surface area (TPSA) is 200 Å². The van der Waals surface area contributed by atoms with E-state index >= 15 is 0 Å². The second-order valence-electron chi connectivity index (χ2n) is 20.5. The van der Waals surface area contributed by atoms with E-state index < -0.39 is 5.69 Å². The molecule has 10 rings (SSSR count). The Labute approximate surface area is 420 Å². The average molecular weight is 978 g/mol. The van der Waals surface area contributed by atoms with E-state index in [2.05, 4.69) is 48.4 Å². The lowest BCUT2D eigenvalue weighted by Crippen LogP contribution is -2.49. The summed E-state index contributed by atoms with van der Waals surface area (Å²) in [5, 5.41) is 44.0. The largest absolute Gasteiger partial charge is 0.508 e. The van der Waals surface area contributed by atoms with Gasteiger partial charge in [-0.3, -0.25) is 9.59 Å². The van der Waals surface area contributed by atoms with Gasteiger partial charge in [0.2, 0.25) is 17.8 Å². The van der Waals surface area contributed by atoms with Crippen molar-refractivity contribution in [3.05, 3.63) is 106 Å². The number of aromatic amines is 1. The molecule has 0 saturated carbocycles. The van der Waals surface area contributed by atoms with Crippen LogP contribution in [0, 0.1) is 11.8 Å². The van der Waals surface area contributed by atoms with E-state index in [-0.39, 0.29) is 40.8 Å². The minimum Gasteiger partial charge on any atom is -0.508 e. The van der Waals surface area contributed by atoms with Crippen molar-refractivity contribution >= 4 is 40.0 Å². The average Bonchev–Trinajstić information content (AvgIpc) is 3.76. The summed E-state index contributed by atoms with van der Waals surface area (Å²) in [4.78, 5) is 59.9. The molecule has 4 aliphatic rings. The van der Waals surface area contributed by atoms with Crippen molar-refractivity contribution in [3.63, 3.8) is 0 Å². The Morgan fingerprint density at radius 3 is 2.26 bits per heavy atom. The zero-order valence-electron chi connectivity index (χ0n) is 41.7. The summed E-state index contributed by atoms with van der Waals surface area (Å²) in [7, 11) is 0. The van der Waals surface area contributed by atoms with Crippen LogP contribution < -0.4 is 20.8 Å². The number of fused-ring (bicyclic) bond motifs is 2. The van der Waals surface area contributed by atoms with Gasteiger partial charge in [-0.15, -0.1) is 0 Å². The molecule has 2 aromatic heterocycles. The highest BCUT2D eigenvalue weighted by atomic mass is 16.3. The van der Waals surface area contributed by atoms with Crippen molar-refractivity contribution in [1.82, 2.24) is 39.4 Å². The molecule has 5 N–H and O–H groups in total. The van der Waals surface area contributed by atoms with E-state index in [9.17, 15) is 29.7 Å². The van der Waals surface area contributed by atoms with Crippen molar-refractivity contribution in [1.29, 1.82) is 0 Å². The number of anilines is 3. The summed E-state index contributed by atoms with van der Waals surface area (Å²) in [5.41, 5.74) is 5.49. The molecule has 378 valence electrons. The molecule has 0 radical (unpaired) electrons. The first kappa shape index (κ1) is 48.5. The number of likely N-dealkylation sites (tertiary alicyclic amines) is 2. The first-order chi connectivity index (χ1) is 34.8. The maximum Gasteiger partial charge on any atom is 0.348 e. The van der Waals surface area contributed by atoms with E-state index in [1.807, 2.05) is 60.0 Å². The molecule has 4 aliphatic heterocycles. The van der Waals surface area contributed by atoms with Crippen LogP contribution in [0.1, 0.15) is 81.2 Å². The van der Waals surface area contributed by atoms with E-state index in [1.165, 1.54) is 16.2 Å². The van der Waals surface area contributed by atoms with Crippen LogP contribution >= 0.6 is 0 Å². The summed E-state index contributed by atoms with van der Waals surface area (Å²) >= 11 is 0. The van der Waals surface area contributed by atoms with Crippen molar-refractivity contribution < 1.29 is 24.9 Å². The fourth-order valence-corrected chi connectivity index (χ4v) is 11.3. The highest BCUT2D eigenvalue weighted by Crippen LogP contribution is 2.39. The zero-order chi connectivity index (χ0) is 50.0. The molecule has 6 aromatic rings. The van der Waals surface area contributed by atoms with Gasteiger partial charge in [0.25, 0.3) is 0 Å². The maximum atomic E-state index is 13.6. The molecule has 4 aromatic carbocycles. The monoisotopic (exact) mass is 978 g/mol. The summed E-state index contributed by atoms with van der Waals surface area (Å²) in [6.45, 7) is 14.6. The normalized spacial score (nSPS) is 17.2. The van der Waals surface area contributed by atoms with Crippen LogP contribution in [-0.2, 0) is 29.0 Å². The molecule has 17 heteroatoms. The molecule has 0 bridgehead atoms. The van der Waals surface area contributed by atoms with Crippen molar-refractivity contribution in [2.75, 3.05) is 87.1 Å². The van der Waals surface area contributed by atoms with E-state index in [1.54, 1.807) is 19.1 Å². The number of H-pyrrole nitrogens is 1. The Bertz CT molecular complexity index is 2980. The minimum absolute atomic E-state index is 0.00440. The van der Waals surface area contributed by atoms with Crippen molar-refractivity contribution in [2.24, 2.45) is 11.8 Å². The summed E-state index contributed by atoms with van der Waals surface area (Å²) in [6.07, 6.45) is 6.28. The molecule has 2 amide bonds. The Morgan fingerprint density at radius 2 is 1.53 bits per heavy atom. The van der Waals surface area contributed by atoms with Gasteiger partial charge in [-0.25, -0.2) is 19.4 Å². The molecule has 0 aliphatic carbocycles. The van der Waals surface area contributed by atoms with Gasteiger partial charge in [0, 0.05) is 101 Å². The smallest absolute Gasteiger partial charge is 0.348 e. The number of carbonyl (C=O) groups is 2. The number of aromatic hydroxyl groups is 3. The van der Waals surface area contributed by atoms with Gasteiger partial charge in [0.15, 0.2) is 5.82 Å². The molecule has 3 fully saturated rings. The van der Waals surface area contributed by atoms with Crippen LogP contribution in [0.25, 0.3) is 27.8 Å². The number of rotatable bonds is 13. The zero-order valence-corrected chi connectivity index (χ0v) is 41.7. The fraction of sp³-hybridized carbons (Fsp3) is 0.455. The van der Waals surface area contributed by atoms with Gasteiger partial charge < -0.3 is 45.1 Å². The lowest BCUT2D eigenvalue weighted by atomic mass is 9.89. The highest BCUT2D eigenvalue weighted by Gasteiger charge is 2.30. The standard InChI is InChI=1S/C55H67N11O6/c1-35(2)45-31-46(50(70)32-49(45)69)53-59-60-55(72)66(53)41-10-8-37(9-11-41)28-38-13-19-61(20-14-38)33-39-15-21-63(22-16-39)51(71)12-18-56-54-57-47-34-65(48-30-42(68)29-40-6-4-5-7-43(40)48)23-17-44(47)52(58-54)64-26-24-62(25-27-64)36(3)67/h4-11,29-32,35,38-39,68-70H,12-28,33-34H2,1-3H3,(H,60,72)(H,56,57,58). The first-order valence-corrected chi connectivity index (χ1v) is 25.8. The number of nitrogens with zero attached hydrogens (tertiary/aromatic N) is 9. The third-order valence-corrected chi connectivity index (χ3v) is 15.4. The van der Waals surface area contributed by atoms with Crippen LogP contribution in [0.3, 0.4) is 0 Å². The number of piperidine rings is 2. The number of hydrogen-bond acceptors (Lipinski definition) is 13. The minimum atomic E-state index is -0.408. The second kappa shape index (κ2) is 20.9. The quantitative estimate of drug-likeness (QED) is 0.0827. The van der Waals surface area contributed by atoms with Crippen molar-refractivity contribution in [2.45, 2.75) is 78.2 Å². The number of amides is 2. The number of aromatic nitrogens is 5. The Kier molecular flexibility index (Phi) is 14.1. The predicted octanol–water partition coefficient (Wildman–Crippen LogP) is 6.64. The summed E-state index contributed by atoms with van der Waals surface area (Å²) in [5.74, 6) is 3.13. The van der Waals surface area contributed by atoms with E-state index in [0.29, 0.717) is 80.3 Å². The van der Waals surface area contributed by atoms with Gasteiger partial charge in [-0.1, -0.05) is 50.2 Å². The lowest BCUT2D eigenvalue weighted by Gasteiger charge is -2.38. The van der Waals surface area contributed by atoms with Gasteiger partial charge in [0.05, 0.1) is 23.5 Å². The third-order valence-electron chi connectivity index (χ3n) is 15.4. The van der Waals surface area contributed by atoms with Gasteiger partial charge in [0.1, 0.15) is 23.1 Å². The van der Waals surface area contributed by atoms with E-state index in [0.717, 1.165) is 111 Å². The second-order valence-corrected chi connectivity index (χ2v) is 20.5. The molecule has 72 heavy (non-hydrogen) atoms. The molecular weight excluding hydrogens is 911 g/mol. The van der Waals surface area contributed by atoms with E-state index in [4.69, 9.17) is 9.97 Å². The lowest BCUT2D eigenvalue weighted by molar-refractivity contribution is -0.132. The van der Waals surface area contributed by atoms with Gasteiger partial charge >= 0.3 is 5.69 Å². The van der Waals surface area contributed by atoms with Crippen molar-refractivity contribution in [3.8, 4) is 34.3 Å². The third kappa shape index (κ3) is 10.4. The number of hydrogen-bond donors (Lipinski definition) is 5. The Hall–Kier alpha value is -7.14. The molecule has 3 saturated heterocycles. The molecule has 17 nitrogen and oxygen atoms in total. The Balaban J connectivity index is 0.697. The number of benzene rings is 4. The van der Waals surface area contributed by atoms with Crippen LogP contribution in [-0.4, -0.2) is 139 Å². The Morgan fingerprint density at radius 1 is 0.792 bits per heavy atom. The number of carbonyl (C=O) groups excluding carboxylic acids is 2. The predicted molar refractivity (Wildman–Crippen MR) is 279 cm³/mol. The fourth-order valence-electron chi connectivity index (χ4n) is 11.3. The van der Waals surface area contributed by atoms with Crippen LogP contribution in [0.4, 0.5) is 17.5 Å². The molecule has 0 unspecified atom stereocenters. The van der Waals surface area contributed by atoms with Crippen LogP contribution in [0.5, 0.6) is 17.2 Å². The molecule has 0 atom stereocenters. The number of phenolic OH excluding ortho intramolecular Hbond substituents is 3. The first-order valence-electron chi connectivity index (χ1n) is 25.8. The number of nitrogens with one attached hydrogen (secondary N) is 2. The molecular formula is C55H67N11O6. The highest BCUT2D eigenvalue weighted by molar-refractivity contribution is 5.95. The summed E-state index contributed by atoms with van der Waals surface area (Å²) < 4.78 is 1.45. The molecule has 0 spiro atoms.